The summed E-state index contributed by atoms with van der Waals surface area (Å²) in [6.07, 6.45) is 0. The molecule has 0 unspecified atom stereocenters. The molecule has 0 bridgehead atoms. The number of nitrogens with zero attached hydrogens (tertiary/aromatic N) is 2. The quantitative estimate of drug-likeness (QED) is 0.625. The van der Waals surface area contributed by atoms with Gasteiger partial charge in [0.2, 0.25) is 0 Å². The van der Waals surface area contributed by atoms with E-state index >= 15 is 0 Å². The lowest BCUT2D eigenvalue weighted by molar-refractivity contribution is -0.143. The Bertz CT molecular complexity index is 571. The summed E-state index contributed by atoms with van der Waals surface area (Å²) in [5, 5.41) is 0. The van der Waals surface area contributed by atoms with E-state index in [9.17, 15) is 14.4 Å². The number of imide groups is 2. The van der Waals surface area contributed by atoms with Crippen molar-refractivity contribution in [2.24, 2.45) is 5.92 Å². The third kappa shape index (κ3) is 2.75. The zero-order valence-corrected chi connectivity index (χ0v) is 12.9. The average Bonchev–Trinajstić information content (AvgIpc) is 2.58. The van der Waals surface area contributed by atoms with Gasteiger partial charge in [0.1, 0.15) is 0 Å². The van der Waals surface area contributed by atoms with Gasteiger partial charge in [-0.15, -0.1) is 0 Å². The second kappa shape index (κ2) is 5.75. The smallest absolute Gasteiger partial charge is 0.263 e. The Morgan fingerprint density at radius 3 is 2.25 bits per heavy atom. The van der Waals surface area contributed by atoms with Gasteiger partial charge in [-0.1, -0.05) is 48.0 Å². The molecule has 0 radical (unpaired) electrons. The van der Waals surface area contributed by atoms with Gasteiger partial charge < -0.3 is 0 Å². The number of amides is 4. The Hall–Kier alpha value is -1.69. The van der Waals surface area contributed by atoms with Crippen molar-refractivity contribution in [2.75, 3.05) is 6.54 Å². The first-order chi connectivity index (χ1) is 9.41. The predicted molar refractivity (Wildman–Crippen MR) is 76.6 cm³/mol. The van der Waals surface area contributed by atoms with Gasteiger partial charge >= 0.3 is 17.8 Å². The van der Waals surface area contributed by atoms with Crippen molar-refractivity contribution in [1.29, 1.82) is 0 Å². The molecule has 20 heavy (non-hydrogen) atoms. The monoisotopic (exact) mass is 338 g/mol. The van der Waals surface area contributed by atoms with Crippen LogP contribution in [0, 0.1) is 5.92 Å². The first-order valence-corrected chi connectivity index (χ1v) is 7.12. The summed E-state index contributed by atoms with van der Waals surface area (Å²) in [5.74, 6) is -1.37. The topological polar surface area (TPSA) is 57.7 Å². The Morgan fingerprint density at radius 1 is 1.05 bits per heavy atom. The normalized spacial score (nSPS) is 15.7. The van der Waals surface area contributed by atoms with Crippen molar-refractivity contribution in [1.82, 2.24) is 9.80 Å². The largest absolute Gasteiger partial charge is 0.334 e. The molecule has 1 fully saturated rings. The van der Waals surface area contributed by atoms with Gasteiger partial charge in [0.15, 0.2) is 0 Å². The standard InChI is InChI=1S/C14H15BrN2O3/c1-9(2)7-16-12(18)13(19)17(14(16)20)8-10-5-3-4-6-11(10)15/h3-6,9H,7-8H2,1-2H3. The first kappa shape index (κ1) is 14.7. The summed E-state index contributed by atoms with van der Waals surface area (Å²) in [4.78, 5) is 37.9. The second-order valence-electron chi connectivity index (χ2n) is 5.07. The summed E-state index contributed by atoms with van der Waals surface area (Å²) in [6, 6.07) is 6.76. The van der Waals surface area contributed by atoms with Crippen molar-refractivity contribution >= 4 is 33.8 Å². The molecule has 1 aromatic carbocycles. The number of benzene rings is 1. The van der Waals surface area contributed by atoms with Crippen LogP contribution in [0.1, 0.15) is 19.4 Å². The van der Waals surface area contributed by atoms with Gasteiger partial charge in [-0.05, 0) is 17.5 Å². The Kier molecular flexibility index (Phi) is 4.23. The number of hydrogen-bond acceptors (Lipinski definition) is 3. The van der Waals surface area contributed by atoms with E-state index < -0.39 is 17.8 Å². The van der Waals surface area contributed by atoms with Crippen molar-refractivity contribution in [2.45, 2.75) is 20.4 Å². The van der Waals surface area contributed by atoms with Crippen LogP contribution in [0.15, 0.2) is 28.7 Å². The minimum Gasteiger partial charge on any atom is -0.263 e. The minimum atomic E-state index is -0.758. The lowest BCUT2D eigenvalue weighted by Gasteiger charge is -2.17. The van der Waals surface area contributed by atoms with Gasteiger partial charge in [-0.3, -0.25) is 19.4 Å². The summed E-state index contributed by atoms with van der Waals surface area (Å²) in [7, 11) is 0. The summed E-state index contributed by atoms with van der Waals surface area (Å²) >= 11 is 3.37. The molecule has 1 saturated heterocycles. The SMILES string of the molecule is CC(C)CN1C(=O)C(=O)N(Cc2ccccc2Br)C1=O. The average molecular weight is 339 g/mol. The zero-order chi connectivity index (χ0) is 14.9. The van der Waals surface area contributed by atoms with E-state index in [1.54, 1.807) is 6.07 Å². The molecule has 5 nitrogen and oxygen atoms in total. The number of halogens is 1. The molecule has 1 aliphatic heterocycles. The van der Waals surface area contributed by atoms with Crippen molar-refractivity contribution in [3.63, 3.8) is 0 Å². The van der Waals surface area contributed by atoms with Crippen LogP contribution in [0.5, 0.6) is 0 Å². The summed E-state index contributed by atoms with van der Waals surface area (Å²) < 4.78 is 0.801. The fourth-order valence-corrected chi connectivity index (χ4v) is 2.42. The maximum atomic E-state index is 12.2. The highest BCUT2D eigenvalue weighted by Crippen LogP contribution is 2.22. The van der Waals surface area contributed by atoms with Gasteiger partial charge in [-0.25, -0.2) is 4.79 Å². The molecule has 0 saturated carbocycles. The Labute approximate surface area is 125 Å². The zero-order valence-electron chi connectivity index (χ0n) is 11.3. The fraction of sp³-hybridized carbons (Fsp3) is 0.357. The fourth-order valence-electron chi connectivity index (χ4n) is 2.01. The molecule has 0 spiro atoms. The minimum absolute atomic E-state index is 0.0967. The Balaban J connectivity index is 2.21. The van der Waals surface area contributed by atoms with Gasteiger partial charge in [0.25, 0.3) is 0 Å². The van der Waals surface area contributed by atoms with E-state index in [4.69, 9.17) is 0 Å². The molecular formula is C14H15BrN2O3. The molecule has 2 rings (SSSR count). The van der Waals surface area contributed by atoms with E-state index in [-0.39, 0.29) is 19.0 Å². The third-order valence-corrected chi connectivity index (χ3v) is 3.74. The van der Waals surface area contributed by atoms with Crippen LogP contribution in [-0.2, 0) is 16.1 Å². The molecule has 1 aliphatic rings. The molecule has 6 heteroatoms. The lowest BCUT2D eigenvalue weighted by Crippen LogP contribution is -2.35. The van der Waals surface area contributed by atoms with E-state index in [1.165, 1.54) is 0 Å². The van der Waals surface area contributed by atoms with Gasteiger partial charge in [0, 0.05) is 11.0 Å². The maximum absolute atomic E-state index is 12.2. The Morgan fingerprint density at radius 2 is 1.65 bits per heavy atom. The molecular weight excluding hydrogens is 324 g/mol. The predicted octanol–water partition coefficient (Wildman–Crippen LogP) is 2.40. The molecule has 1 aromatic rings. The number of carbonyl (C=O) groups is 3. The number of carbonyl (C=O) groups excluding carboxylic acids is 3. The van der Waals surface area contributed by atoms with Gasteiger partial charge in [-0.2, -0.15) is 0 Å². The van der Waals surface area contributed by atoms with Crippen LogP contribution >= 0.6 is 15.9 Å². The van der Waals surface area contributed by atoms with E-state index in [1.807, 2.05) is 32.0 Å². The van der Waals surface area contributed by atoms with E-state index in [0.717, 1.165) is 19.8 Å². The van der Waals surface area contributed by atoms with E-state index in [2.05, 4.69) is 15.9 Å². The van der Waals surface area contributed by atoms with Crippen LogP contribution in [0.3, 0.4) is 0 Å². The molecule has 0 aromatic heterocycles. The summed E-state index contributed by atoms with van der Waals surface area (Å²) in [5.41, 5.74) is 0.786. The van der Waals surface area contributed by atoms with Crippen molar-refractivity contribution < 1.29 is 14.4 Å². The van der Waals surface area contributed by atoms with Crippen LogP contribution in [0.25, 0.3) is 0 Å². The van der Waals surface area contributed by atoms with E-state index in [0.29, 0.717) is 0 Å². The highest BCUT2D eigenvalue weighted by atomic mass is 79.9. The second-order valence-corrected chi connectivity index (χ2v) is 5.93. The molecule has 4 amide bonds. The van der Waals surface area contributed by atoms with Crippen LogP contribution in [0.4, 0.5) is 4.79 Å². The maximum Gasteiger partial charge on any atom is 0.334 e. The highest BCUT2D eigenvalue weighted by Gasteiger charge is 2.44. The van der Waals surface area contributed by atoms with Crippen LogP contribution in [-0.4, -0.2) is 34.2 Å². The van der Waals surface area contributed by atoms with Gasteiger partial charge in [0.05, 0.1) is 6.54 Å². The number of hydrogen-bond donors (Lipinski definition) is 0. The van der Waals surface area contributed by atoms with Crippen LogP contribution in [0.2, 0.25) is 0 Å². The van der Waals surface area contributed by atoms with Crippen molar-refractivity contribution in [3.8, 4) is 0 Å². The molecule has 106 valence electrons. The summed E-state index contributed by atoms with van der Waals surface area (Å²) in [6.45, 7) is 4.14. The highest BCUT2D eigenvalue weighted by molar-refractivity contribution is 9.10. The molecule has 0 N–H and O–H groups in total. The third-order valence-electron chi connectivity index (χ3n) is 2.97. The molecule has 0 atom stereocenters. The number of rotatable bonds is 4. The first-order valence-electron chi connectivity index (χ1n) is 6.32. The number of urea groups is 1. The van der Waals surface area contributed by atoms with Crippen LogP contribution < -0.4 is 0 Å². The molecule has 0 aliphatic carbocycles. The lowest BCUT2D eigenvalue weighted by atomic mass is 10.2. The molecule has 1 heterocycles. The van der Waals surface area contributed by atoms with Crippen molar-refractivity contribution in [3.05, 3.63) is 34.3 Å².